The summed E-state index contributed by atoms with van der Waals surface area (Å²) in [6, 6.07) is 7.15. The van der Waals surface area contributed by atoms with E-state index in [2.05, 4.69) is 4.74 Å². The van der Waals surface area contributed by atoms with Gasteiger partial charge in [-0.3, -0.25) is 9.59 Å². The van der Waals surface area contributed by atoms with Crippen LogP contribution in [0.4, 0.5) is 0 Å². The number of ether oxygens (including phenoxy) is 2. The monoisotopic (exact) mass is 342 g/mol. The molecule has 0 heterocycles. The summed E-state index contributed by atoms with van der Waals surface area (Å²) < 4.78 is 10.0. The van der Waals surface area contributed by atoms with Crippen LogP contribution in [0.15, 0.2) is 35.9 Å². The topological polar surface area (TPSA) is 72.8 Å². The second-order valence-electron chi connectivity index (χ2n) is 6.04. The fraction of sp³-hybridized carbons (Fsp3) is 0.300. The maximum absolute atomic E-state index is 12.1. The first-order chi connectivity index (χ1) is 11.8. The van der Waals surface area contributed by atoms with Gasteiger partial charge in [-0.2, -0.15) is 0 Å². The van der Waals surface area contributed by atoms with Crippen LogP contribution in [0.5, 0.6) is 11.5 Å². The third-order valence-electron chi connectivity index (χ3n) is 3.96. The third kappa shape index (κ3) is 4.18. The average Bonchev–Trinajstić information content (AvgIpc) is 2.58. The summed E-state index contributed by atoms with van der Waals surface area (Å²) in [4.78, 5) is 23.4. The molecule has 25 heavy (non-hydrogen) atoms. The number of hydrogen-bond acceptors (Lipinski definition) is 5. The van der Waals surface area contributed by atoms with E-state index in [1.165, 1.54) is 7.11 Å². The van der Waals surface area contributed by atoms with Crippen LogP contribution >= 0.6 is 0 Å². The Morgan fingerprint density at radius 3 is 2.36 bits per heavy atom. The van der Waals surface area contributed by atoms with E-state index in [1.807, 2.05) is 19.9 Å². The first-order valence-corrected chi connectivity index (χ1v) is 7.99. The van der Waals surface area contributed by atoms with Crippen molar-refractivity contribution in [2.24, 2.45) is 0 Å². The molecule has 0 saturated carbocycles. The van der Waals surface area contributed by atoms with E-state index >= 15 is 0 Å². The van der Waals surface area contributed by atoms with Gasteiger partial charge in [-0.05, 0) is 32.8 Å². The van der Waals surface area contributed by atoms with Crippen molar-refractivity contribution < 1.29 is 24.2 Å². The summed E-state index contributed by atoms with van der Waals surface area (Å²) in [5, 5.41) is 11.7. The van der Waals surface area contributed by atoms with E-state index in [9.17, 15) is 14.7 Å². The molecule has 5 heteroatoms. The number of carbonyl (C=O) groups excluding carboxylic acids is 2. The van der Waals surface area contributed by atoms with Crippen molar-refractivity contribution in [3.05, 3.63) is 47.0 Å². The van der Waals surface area contributed by atoms with E-state index in [0.29, 0.717) is 28.5 Å². The van der Waals surface area contributed by atoms with Gasteiger partial charge >= 0.3 is 11.9 Å². The van der Waals surface area contributed by atoms with Crippen LogP contribution in [0.3, 0.4) is 0 Å². The molecule has 0 amide bonds. The van der Waals surface area contributed by atoms with Gasteiger partial charge in [0.1, 0.15) is 17.9 Å². The van der Waals surface area contributed by atoms with Crippen LogP contribution in [0.25, 0.3) is 10.8 Å². The molecule has 2 aromatic rings. The smallest absolute Gasteiger partial charge is 0.322 e. The molecule has 1 N–H and O–H groups in total. The van der Waals surface area contributed by atoms with Crippen molar-refractivity contribution in [3.63, 3.8) is 0 Å². The summed E-state index contributed by atoms with van der Waals surface area (Å²) in [5.41, 5.74) is 2.48. The van der Waals surface area contributed by atoms with E-state index in [-0.39, 0.29) is 5.75 Å². The Hall–Kier alpha value is -2.82. The number of rotatable bonds is 5. The Bertz CT molecular complexity index is 845. The van der Waals surface area contributed by atoms with Crippen molar-refractivity contribution in [2.45, 2.75) is 33.6 Å². The SMILES string of the molecule is COC(=O)CC(=O)Oc1c(CC=C(C)C)c(C)c(O)c2ccccc12. The minimum atomic E-state index is -0.694. The van der Waals surface area contributed by atoms with E-state index < -0.39 is 18.4 Å². The zero-order valence-electron chi connectivity index (χ0n) is 14.9. The normalized spacial score (nSPS) is 10.4. The molecule has 0 radical (unpaired) electrons. The molecule has 0 aliphatic carbocycles. The first-order valence-electron chi connectivity index (χ1n) is 7.99. The van der Waals surface area contributed by atoms with Gasteiger partial charge in [0.25, 0.3) is 0 Å². The van der Waals surface area contributed by atoms with Gasteiger partial charge in [0.05, 0.1) is 7.11 Å². The lowest BCUT2D eigenvalue weighted by molar-refractivity contribution is -0.148. The lowest BCUT2D eigenvalue weighted by Crippen LogP contribution is -2.16. The number of fused-ring (bicyclic) bond motifs is 1. The lowest BCUT2D eigenvalue weighted by Gasteiger charge is -2.17. The summed E-state index contributed by atoms with van der Waals surface area (Å²) in [6.07, 6.45) is 2.04. The minimum absolute atomic E-state index is 0.167. The molecule has 0 aliphatic heterocycles. The highest BCUT2D eigenvalue weighted by Crippen LogP contribution is 2.40. The molecule has 0 bridgehead atoms. The molecule has 0 atom stereocenters. The summed E-state index contributed by atoms with van der Waals surface area (Å²) in [6.45, 7) is 5.73. The molecule has 0 fully saturated rings. The summed E-state index contributed by atoms with van der Waals surface area (Å²) >= 11 is 0. The fourth-order valence-electron chi connectivity index (χ4n) is 2.57. The molecule has 0 aliphatic rings. The second kappa shape index (κ2) is 7.83. The molecular weight excluding hydrogens is 320 g/mol. The highest BCUT2D eigenvalue weighted by atomic mass is 16.5. The number of phenolic OH excluding ortho intramolecular Hbond substituents is 1. The molecule has 2 aromatic carbocycles. The van der Waals surface area contributed by atoms with Crippen LogP contribution in [-0.4, -0.2) is 24.2 Å². The zero-order valence-corrected chi connectivity index (χ0v) is 14.9. The molecule has 0 aromatic heterocycles. The van der Waals surface area contributed by atoms with Gasteiger partial charge in [0.15, 0.2) is 0 Å². The first kappa shape index (κ1) is 18.5. The van der Waals surface area contributed by atoms with Crippen LogP contribution in [0.2, 0.25) is 0 Å². The Balaban J connectivity index is 2.59. The van der Waals surface area contributed by atoms with Gasteiger partial charge in [-0.1, -0.05) is 35.9 Å². The molecule has 0 spiro atoms. The van der Waals surface area contributed by atoms with Crippen LogP contribution in [-0.2, 0) is 20.7 Å². The minimum Gasteiger partial charge on any atom is -0.507 e. The van der Waals surface area contributed by atoms with Crippen molar-refractivity contribution in [1.29, 1.82) is 0 Å². The molecular formula is C20H22O5. The number of hydrogen-bond donors (Lipinski definition) is 1. The van der Waals surface area contributed by atoms with E-state index in [1.54, 1.807) is 31.2 Å². The van der Waals surface area contributed by atoms with E-state index in [4.69, 9.17) is 4.74 Å². The lowest BCUT2D eigenvalue weighted by atomic mass is 9.96. The van der Waals surface area contributed by atoms with Crippen LogP contribution in [0, 0.1) is 6.92 Å². The van der Waals surface area contributed by atoms with Gasteiger partial charge in [-0.15, -0.1) is 0 Å². The Morgan fingerprint density at radius 1 is 1.12 bits per heavy atom. The number of benzene rings is 2. The zero-order chi connectivity index (χ0) is 18.6. The Morgan fingerprint density at radius 2 is 1.76 bits per heavy atom. The van der Waals surface area contributed by atoms with Crippen LogP contribution < -0.4 is 4.74 Å². The third-order valence-corrected chi connectivity index (χ3v) is 3.96. The van der Waals surface area contributed by atoms with Gasteiger partial charge in [-0.25, -0.2) is 0 Å². The predicted octanol–water partition coefficient (Wildman–Crippen LogP) is 3.83. The largest absolute Gasteiger partial charge is 0.507 e. The standard InChI is InChI=1S/C20H22O5/c1-12(2)9-10-14-13(3)19(23)15-7-5-6-8-16(15)20(14)25-18(22)11-17(21)24-4/h5-9,23H,10-11H2,1-4H3. The Kier molecular flexibility index (Phi) is 5.80. The summed E-state index contributed by atoms with van der Waals surface area (Å²) in [7, 11) is 1.22. The predicted molar refractivity (Wildman–Crippen MR) is 95.8 cm³/mol. The summed E-state index contributed by atoms with van der Waals surface area (Å²) in [5.74, 6) is -0.811. The van der Waals surface area contributed by atoms with Gasteiger partial charge < -0.3 is 14.6 Å². The Labute approximate surface area is 146 Å². The number of allylic oxidation sites excluding steroid dienone is 2. The maximum atomic E-state index is 12.1. The van der Waals surface area contributed by atoms with Crippen molar-refractivity contribution >= 4 is 22.7 Å². The van der Waals surface area contributed by atoms with Crippen molar-refractivity contribution in [3.8, 4) is 11.5 Å². The average molecular weight is 342 g/mol. The van der Waals surface area contributed by atoms with Gasteiger partial charge in [0, 0.05) is 16.3 Å². The van der Waals surface area contributed by atoms with Crippen molar-refractivity contribution in [2.75, 3.05) is 7.11 Å². The molecule has 0 unspecified atom stereocenters. The number of carbonyl (C=O) groups is 2. The second-order valence-corrected chi connectivity index (χ2v) is 6.04. The molecule has 2 rings (SSSR count). The number of methoxy groups -OCH3 is 1. The number of phenols is 1. The van der Waals surface area contributed by atoms with Gasteiger partial charge in [0.2, 0.25) is 0 Å². The fourth-order valence-corrected chi connectivity index (χ4v) is 2.57. The van der Waals surface area contributed by atoms with Crippen molar-refractivity contribution in [1.82, 2.24) is 0 Å². The highest BCUT2D eigenvalue weighted by Gasteiger charge is 2.20. The maximum Gasteiger partial charge on any atom is 0.322 e. The molecule has 0 saturated heterocycles. The number of esters is 2. The highest BCUT2D eigenvalue weighted by molar-refractivity contribution is 5.99. The quantitative estimate of drug-likeness (QED) is 0.387. The van der Waals surface area contributed by atoms with E-state index in [0.717, 1.165) is 11.1 Å². The molecule has 132 valence electrons. The molecule has 5 nitrogen and oxygen atoms in total. The van der Waals surface area contributed by atoms with Crippen LogP contribution in [0.1, 0.15) is 31.4 Å². The number of aromatic hydroxyl groups is 1.